The summed E-state index contributed by atoms with van der Waals surface area (Å²) in [5.41, 5.74) is 0.948. The van der Waals surface area contributed by atoms with Gasteiger partial charge in [0.05, 0.1) is 12.2 Å². The molecule has 0 radical (unpaired) electrons. The normalized spacial score (nSPS) is 16.4. The summed E-state index contributed by atoms with van der Waals surface area (Å²) < 4.78 is 0.967. The highest BCUT2D eigenvalue weighted by molar-refractivity contribution is 9.10. The fraction of sp³-hybridized carbons (Fsp3) is 0.400. The van der Waals surface area contributed by atoms with Crippen LogP contribution in [0.1, 0.15) is 18.5 Å². The van der Waals surface area contributed by atoms with Gasteiger partial charge in [0.1, 0.15) is 0 Å². The molecule has 1 aromatic rings. The molecule has 1 fully saturated rings. The summed E-state index contributed by atoms with van der Waals surface area (Å²) in [6, 6.07) is 3.89. The standard InChI is InChI=1S/C10H11BrN2O/c11-8-3-4-9(12-6-8)7-13-5-1-2-10(13)14/h3-4,6H,1-2,5,7H2. The zero-order valence-corrected chi connectivity index (χ0v) is 9.33. The van der Waals surface area contributed by atoms with Crippen molar-refractivity contribution in [2.75, 3.05) is 6.54 Å². The lowest BCUT2D eigenvalue weighted by atomic mass is 10.3. The summed E-state index contributed by atoms with van der Waals surface area (Å²) in [7, 11) is 0. The molecule has 1 saturated heterocycles. The minimum Gasteiger partial charge on any atom is -0.337 e. The van der Waals surface area contributed by atoms with Crippen LogP contribution in [-0.4, -0.2) is 22.3 Å². The molecule has 14 heavy (non-hydrogen) atoms. The van der Waals surface area contributed by atoms with E-state index in [4.69, 9.17) is 0 Å². The summed E-state index contributed by atoms with van der Waals surface area (Å²) in [5.74, 6) is 0.245. The highest BCUT2D eigenvalue weighted by Crippen LogP contribution is 2.14. The molecule has 0 aliphatic carbocycles. The van der Waals surface area contributed by atoms with Crippen molar-refractivity contribution in [1.82, 2.24) is 9.88 Å². The third-order valence-electron chi connectivity index (χ3n) is 2.31. The first-order valence-electron chi connectivity index (χ1n) is 4.64. The average molecular weight is 255 g/mol. The summed E-state index contributed by atoms with van der Waals surface area (Å²) in [6.07, 6.45) is 3.43. The second-order valence-corrected chi connectivity index (χ2v) is 4.30. The maximum Gasteiger partial charge on any atom is 0.222 e. The Balaban J connectivity index is 2.03. The fourth-order valence-electron chi connectivity index (χ4n) is 1.57. The van der Waals surface area contributed by atoms with Crippen LogP contribution in [-0.2, 0) is 11.3 Å². The second kappa shape index (κ2) is 4.09. The minimum absolute atomic E-state index is 0.245. The van der Waals surface area contributed by atoms with Crippen molar-refractivity contribution in [3.8, 4) is 0 Å². The Morgan fingerprint density at radius 1 is 1.50 bits per heavy atom. The number of carbonyl (C=O) groups is 1. The van der Waals surface area contributed by atoms with E-state index in [0.29, 0.717) is 13.0 Å². The van der Waals surface area contributed by atoms with Crippen LogP contribution in [0.4, 0.5) is 0 Å². The van der Waals surface area contributed by atoms with E-state index in [1.54, 1.807) is 6.20 Å². The van der Waals surface area contributed by atoms with E-state index in [9.17, 15) is 4.79 Å². The number of halogens is 1. The molecule has 1 aromatic heterocycles. The molecule has 1 aliphatic rings. The average Bonchev–Trinajstić information content (AvgIpc) is 2.56. The predicted octanol–water partition coefficient (Wildman–Crippen LogP) is 1.97. The van der Waals surface area contributed by atoms with Gasteiger partial charge < -0.3 is 4.90 Å². The number of amides is 1. The van der Waals surface area contributed by atoms with E-state index >= 15 is 0 Å². The highest BCUT2D eigenvalue weighted by Gasteiger charge is 2.20. The van der Waals surface area contributed by atoms with Gasteiger partial charge in [-0.05, 0) is 34.5 Å². The van der Waals surface area contributed by atoms with E-state index in [0.717, 1.165) is 23.1 Å². The molecule has 2 rings (SSSR count). The maximum atomic E-state index is 11.3. The zero-order valence-electron chi connectivity index (χ0n) is 7.74. The Bertz CT molecular complexity index is 336. The first-order valence-corrected chi connectivity index (χ1v) is 5.43. The van der Waals surface area contributed by atoms with Crippen molar-refractivity contribution in [2.24, 2.45) is 0 Å². The van der Waals surface area contributed by atoms with Crippen LogP contribution in [0.5, 0.6) is 0 Å². The Morgan fingerprint density at radius 2 is 2.36 bits per heavy atom. The van der Waals surface area contributed by atoms with Crippen molar-refractivity contribution in [3.63, 3.8) is 0 Å². The minimum atomic E-state index is 0.245. The quantitative estimate of drug-likeness (QED) is 0.809. The van der Waals surface area contributed by atoms with E-state index in [1.165, 1.54) is 0 Å². The number of carbonyl (C=O) groups excluding carboxylic acids is 1. The van der Waals surface area contributed by atoms with Gasteiger partial charge in [-0.2, -0.15) is 0 Å². The second-order valence-electron chi connectivity index (χ2n) is 3.39. The number of hydrogen-bond acceptors (Lipinski definition) is 2. The third kappa shape index (κ3) is 2.12. The molecular formula is C10H11BrN2O. The van der Waals surface area contributed by atoms with E-state index in [-0.39, 0.29) is 5.91 Å². The molecule has 4 heteroatoms. The molecule has 2 heterocycles. The summed E-state index contributed by atoms with van der Waals surface area (Å²) in [5, 5.41) is 0. The van der Waals surface area contributed by atoms with Gasteiger partial charge in [-0.1, -0.05) is 0 Å². The molecule has 0 atom stereocenters. The summed E-state index contributed by atoms with van der Waals surface area (Å²) >= 11 is 3.33. The van der Waals surface area contributed by atoms with E-state index in [2.05, 4.69) is 20.9 Å². The van der Waals surface area contributed by atoms with Crippen LogP contribution in [0, 0.1) is 0 Å². The highest BCUT2D eigenvalue weighted by atomic mass is 79.9. The van der Waals surface area contributed by atoms with Gasteiger partial charge in [0.15, 0.2) is 0 Å². The van der Waals surface area contributed by atoms with Gasteiger partial charge in [-0.25, -0.2) is 0 Å². The molecule has 0 unspecified atom stereocenters. The Labute approximate surface area is 91.3 Å². The van der Waals surface area contributed by atoms with E-state index in [1.807, 2.05) is 17.0 Å². The summed E-state index contributed by atoms with van der Waals surface area (Å²) in [4.78, 5) is 17.4. The maximum absolute atomic E-state index is 11.3. The van der Waals surface area contributed by atoms with E-state index < -0.39 is 0 Å². The molecule has 0 bridgehead atoms. The lowest BCUT2D eigenvalue weighted by Gasteiger charge is -2.14. The SMILES string of the molecule is O=C1CCCN1Cc1ccc(Br)cn1. The van der Waals surface area contributed by atoms with Crippen molar-refractivity contribution in [2.45, 2.75) is 19.4 Å². The van der Waals surface area contributed by atoms with Crippen molar-refractivity contribution < 1.29 is 4.79 Å². The first-order chi connectivity index (χ1) is 6.75. The van der Waals surface area contributed by atoms with Crippen molar-refractivity contribution in [1.29, 1.82) is 0 Å². The van der Waals surface area contributed by atoms with Crippen LogP contribution < -0.4 is 0 Å². The van der Waals surface area contributed by atoms with Crippen LogP contribution >= 0.6 is 15.9 Å². The summed E-state index contributed by atoms with van der Waals surface area (Å²) in [6.45, 7) is 1.52. The molecule has 1 aliphatic heterocycles. The van der Waals surface area contributed by atoms with Gasteiger partial charge in [-0.15, -0.1) is 0 Å². The molecule has 0 aromatic carbocycles. The molecule has 0 saturated carbocycles. The van der Waals surface area contributed by atoms with Crippen LogP contribution in [0.3, 0.4) is 0 Å². The van der Waals surface area contributed by atoms with Gasteiger partial charge in [0, 0.05) is 23.6 Å². The molecule has 1 amide bonds. The fourth-order valence-corrected chi connectivity index (χ4v) is 1.80. The van der Waals surface area contributed by atoms with Gasteiger partial charge >= 0.3 is 0 Å². The molecule has 3 nitrogen and oxygen atoms in total. The zero-order chi connectivity index (χ0) is 9.97. The number of likely N-dealkylation sites (tertiary alicyclic amines) is 1. The Morgan fingerprint density at radius 3 is 2.93 bits per heavy atom. The number of aromatic nitrogens is 1. The van der Waals surface area contributed by atoms with Crippen LogP contribution in [0.2, 0.25) is 0 Å². The van der Waals surface area contributed by atoms with Crippen LogP contribution in [0.25, 0.3) is 0 Å². The van der Waals surface area contributed by atoms with Gasteiger partial charge in [-0.3, -0.25) is 9.78 Å². The Kier molecular flexibility index (Phi) is 2.82. The largest absolute Gasteiger partial charge is 0.337 e. The van der Waals surface area contributed by atoms with Gasteiger partial charge in [0.25, 0.3) is 0 Å². The predicted molar refractivity (Wildman–Crippen MR) is 56.6 cm³/mol. The smallest absolute Gasteiger partial charge is 0.222 e. The number of nitrogens with zero attached hydrogens (tertiary/aromatic N) is 2. The first kappa shape index (κ1) is 9.65. The number of hydrogen-bond donors (Lipinski definition) is 0. The Hall–Kier alpha value is -0.900. The van der Waals surface area contributed by atoms with Gasteiger partial charge in [0.2, 0.25) is 5.91 Å². The number of rotatable bonds is 2. The lowest BCUT2D eigenvalue weighted by molar-refractivity contribution is -0.128. The third-order valence-corrected chi connectivity index (χ3v) is 2.78. The lowest BCUT2D eigenvalue weighted by Crippen LogP contribution is -2.24. The van der Waals surface area contributed by atoms with Crippen molar-refractivity contribution in [3.05, 3.63) is 28.5 Å². The van der Waals surface area contributed by atoms with Crippen molar-refractivity contribution >= 4 is 21.8 Å². The molecule has 0 N–H and O–H groups in total. The van der Waals surface area contributed by atoms with Crippen LogP contribution in [0.15, 0.2) is 22.8 Å². The molecular weight excluding hydrogens is 244 g/mol. The topological polar surface area (TPSA) is 33.2 Å². The monoisotopic (exact) mass is 254 g/mol. The molecule has 74 valence electrons. The molecule has 0 spiro atoms. The number of pyridine rings is 1.